The molecule has 1 N–H and O–H groups in total. The van der Waals surface area contributed by atoms with Crippen LogP contribution >= 0.6 is 0 Å². The van der Waals surface area contributed by atoms with Crippen LogP contribution in [0.5, 0.6) is 0 Å². The summed E-state index contributed by atoms with van der Waals surface area (Å²) in [6.07, 6.45) is 5.80. The highest BCUT2D eigenvalue weighted by molar-refractivity contribution is 5.91. The van der Waals surface area contributed by atoms with E-state index in [0.717, 1.165) is 24.0 Å². The standard InChI is InChI=1S/C29H37N5O3/c1-31-21-27(35)33-25(17-22-11-5-2-6-12-22)28(36)32(19-24-15-9-4-10-16-24)20-26(33)34(31)29(37)30-18-23-13-7-3-8-14-23/h2-3,5-8,11-14,24-26H,4,9-10,15-21H2,1H3,(H,30,37). The van der Waals surface area contributed by atoms with Crippen LogP contribution in [0.15, 0.2) is 60.7 Å². The SMILES string of the molecule is CN1CC(=O)N2C(Cc3ccccc3)C(=O)N(CC3CCCCC3)CC2N1C(=O)NCc1ccccc1. The van der Waals surface area contributed by atoms with Gasteiger partial charge in [-0.05, 0) is 29.9 Å². The van der Waals surface area contributed by atoms with E-state index < -0.39 is 12.2 Å². The van der Waals surface area contributed by atoms with Crippen molar-refractivity contribution in [3.05, 3.63) is 71.8 Å². The third kappa shape index (κ3) is 5.64. The number of hydrazine groups is 1. The summed E-state index contributed by atoms with van der Waals surface area (Å²) in [6, 6.07) is 18.7. The predicted octanol–water partition coefficient (Wildman–Crippen LogP) is 3.25. The maximum absolute atomic E-state index is 13.9. The summed E-state index contributed by atoms with van der Waals surface area (Å²) in [5, 5.41) is 6.36. The van der Waals surface area contributed by atoms with E-state index >= 15 is 0 Å². The summed E-state index contributed by atoms with van der Waals surface area (Å²) < 4.78 is 0. The van der Waals surface area contributed by atoms with Crippen molar-refractivity contribution in [2.75, 3.05) is 26.7 Å². The van der Waals surface area contributed by atoms with Crippen molar-refractivity contribution in [3.63, 3.8) is 0 Å². The van der Waals surface area contributed by atoms with E-state index in [0.29, 0.717) is 32.0 Å². The first-order chi connectivity index (χ1) is 18.0. The maximum atomic E-state index is 13.9. The average molecular weight is 504 g/mol. The van der Waals surface area contributed by atoms with E-state index in [1.165, 1.54) is 19.3 Å². The molecule has 0 radical (unpaired) electrons. The van der Waals surface area contributed by atoms with Crippen LogP contribution in [0.1, 0.15) is 43.2 Å². The van der Waals surface area contributed by atoms with E-state index in [4.69, 9.17) is 0 Å². The summed E-state index contributed by atoms with van der Waals surface area (Å²) in [6.45, 7) is 1.46. The molecule has 37 heavy (non-hydrogen) atoms. The summed E-state index contributed by atoms with van der Waals surface area (Å²) >= 11 is 0. The molecule has 8 heteroatoms. The number of hydrogen-bond acceptors (Lipinski definition) is 4. The fraction of sp³-hybridized carbons (Fsp3) is 0.483. The predicted molar refractivity (Wildman–Crippen MR) is 141 cm³/mol. The number of piperazine rings is 1. The largest absolute Gasteiger partial charge is 0.337 e. The molecule has 3 fully saturated rings. The third-order valence-electron chi connectivity index (χ3n) is 7.91. The summed E-state index contributed by atoms with van der Waals surface area (Å²) in [7, 11) is 1.77. The van der Waals surface area contributed by atoms with Gasteiger partial charge in [0.2, 0.25) is 11.8 Å². The average Bonchev–Trinajstić information content (AvgIpc) is 2.91. The number of amides is 4. The molecular weight excluding hydrogens is 466 g/mol. The number of nitrogens with zero attached hydrogens (tertiary/aromatic N) is 4. The molecule has 2 heterocycles. The Kier molecular flexibility index (Phi) is 7.74. The Bertz CT molecular complexity index is 1090. The molecule has 2 atom stereocenters. The molecule has 5 rings (SSSR count). The van der Waals surface area contributed by atoms with Gasteiger partial charge in [-0.15, -0.1) is 0 Å². The lowest BCUT2D eigenvalue weighted by molar-refractivity contribution is -0.187. The van der Waals surface area contributed by atoms with Crippen molar-refractivity contribution in [2.45, 2.75) is 57.3 Å². The highest BCUT2D eigenvalue weighted by atomic mass is 16.2. The molecule has 2 aromatic rings. The van der Waals surface area contributed by atoms with Crippen LogP contribution in [0, 0.1) is 5.92 Å². The molecule has 3 aliphatic rings. The number of benzene rings is 2. The molecule has 2 unspecified atom stereocenters. The number of fused-ring (bicyclic) bond motifs is 1. The zero-order valence-corrected chi connectivity index (χ0v) is 21.6. The van der Waals surface area contributed by atoms with Gasteiger partial charge in [0.15, 0.2) is 0 Å². The Balaban J connectivity index is 1.41. The lowest BCUT2D eigenvalue weighted by atomic mass is 9.88. The Morgan fingerprint density at radius 2 is 1.57 bits per heavy atom. The highest BCUT2D eigenvalue weighted by Gasteiger charge is 2.50. The third-order valence-corrected chi connectivity index (χ3v) is 7.91. The molecule has 1 saturated carbocycles. The molecule has 4 amide bonds. The van der Waals surface area contributed by atoms with Crippen LogP contribution in [-0.2, 0) is 22.6 Å². The van der Waals surface area contributed by atoms with E-state index in [9.17, 15) is 14.4 Å². The minimum atomic E-state index is -0.629. The van der Waals surface area contributed by atoms with Gasteiger partial charge in [-0.2, -0.15) is 0 Å². The second kappa shape index (κ2) is 11.3. The van der Waals surface area contributed by atoms with Gasteiger partial charge >= 0.3 is 6.03 Å². The molecule has 2 saturated heterocycles. The number of nitrogens with one attached hydrogen (secondary N) is 1. The minimum absolute atomic E-state index is 0.00627. The van der Waals surface area contributed by atoms with Gasteiger partial charge in [0.1, 0.15) is 12.2 Å². The number of rotatable bonds is 6. The minimum Gasteiger partial charge on any atom is -0.337 e. The fourth-order valence-corrected chi connectivity index (χ4v) is 6.04. The van der Waals surface area contributed by atoms with Crippen LogP contribution < -0.4 is 5.32 Å². The molecule has 0 bridgehead atoms. The molecule has 0 aromatic heterocycles. The van der Waals surface area contributed by atoms with Crippen LogP contribution in [0.25, 0.3) is 0 Å². The molecule has 1 aliphatic carbocycles. The Labute approximate surface area is 219 Å². The molecule has 196 valence electrons. The topological polar surface area (TPSA) is 76.2 Å². The first kappa shape index (κ1) is 25.3. The van der Waals surface area contributed by atoms with E-state index in [2.05, 4.69) is 5.32 Å². The van der Waals surface area contributed by atoms with Gasteiger partial charge < -0.3 is 15.1 Å². The number of likely N-dealkylation sites (N-methyl/N-ethyl adjacent to an activating group) is 1. The number of carbonyl (C=O) groups excluding carboxylic acids is 3. The first-order valence-corrected chi connectivity index (χ1v) is 13.5. The fourth-order valence-electron chi connectivity index (χ4n) is 6.04. The Hall–Kier alpha value is -3.39. The summed E-state index contributed by atoms with van der Waals surface area (Å²) in [5.41, 5.74) is 2.01. The van der Waals surface area contributed by atoms with Crippen molar-refractivity contribution in [2.24, 2.45) is 5.92 Å². The van der Waals surface area contributed by atoms with Crippen molar-refractivity contribution >= 4 is 17.8 Å². The smallest absolute Gasteiger partial charge is 0.334 e. The van der Waals surface area contributed by atoms with Gasteiger partial charge in [0.05, 0.1) is 13.1 Å². The molecular formula is C29H37N5O3. The van der Waals surface area contributed by atoms with Crippen LogP contribution in [0.3, 0.4) is 0 Å². The van der Waals surface area contributed by atoms with Crippen LogP contribution in [0.2, 0.25) is 0 Å². The summed E-state index contributed by atoms with van der Waals surface area (Å²) in [5.74, 6) is 0.346. The molecule has 2 aliphatic heterocycles. The zero-order valence-electron chi connectivity index (χ0n) is 21.6. The summed E-state index contributed by atoms with van der Waals surface area (Å²) in [4.78, 5) is 44.4. The van der Waals surface area contributed by atoms with E-state index in [1.807, 2.05) is 65.6 Å². The van der Waals surface area contributed by atoms with Crippen LogP contribution in [0.4, 0.5) is 4.79 Å². The normalized spacial score (nSPS) is 23.2. The molecule has 0 spiro atoms. The van der Waals surface area contributed by atoms with Gasteiger partial charge in [-0.25, -0.2) is 14.8 Å². The van der Waals surface area contributed by atoms with E-state index in [1.54, 1.807) is 22.0 Å². The monoisotopic (exact) mass is 503 g/mol. The molecule has 8 nitrogen and oxygen atoms in total. The second-order valence-corrected chi connectivity index (χ2v) is 10.5. The lowest BCUT2D eigenvalue weighted by Gasteiger charge is -2.54. The lowest BCUT2D eigenvalue weighted by Crippen LogP contribution is -2.76. The van der Waals surface area contributed by atoms with Gasteiger partial charge in [-0.3, -0.25) is 9.59 Å². The van der Waals surface area contributed by atoms with Crippen molar-refractivity contribution < 1.29 is 14.4 Å². The second-order valence-electron chi connectivity index (χ2n) is 10.5. The number of hydrogen-bond donors (Lipinski definition) is 1. The van der Waals surface area contributed by atoms with Crippen molar-refractivity contribution in [1.82, 2.24) is 25.1 Å². The van der Waals surface area contributed by atoms with Gasteiger partial charge in [-0.1, -0.05) is 79.9 Å². The highest BCUT2D eigenvalue weighted by Crippen LogP contribution is 2.30. The maximum Gasteiger partial charge on any atom is 0.334 e. The first-order valence-electron chi connectivity index (χ1n) is 13.5. The van der Waals surface area contributed by atoms with Gasteiger partial charge in [0.25, 0.3) is 0 Å². The van der Waals surface area contributed by atoms with Crippen molar-refractivity contribution in [3.8, 4) is 0 Å². The van der Waals surface area contributed by atoms with E-state index in [-0.39, 0.29) is 24.4 Å². The van der Waals surface area contributed by atoms with Gasteiger partial charge in [0, 0.05) is 26.6 Å². The Morgan fingerprint density at radius 3 is 2.24 bits per heavy atom. The van der Waals surface area contributed by atoms with Crippen molar-refractivity contribution in [1.29, 1.82) is 0 Å². The molecule has 2 aromatic carbocycles. The number of urea groups is 1. The Morgan fingerprint density at radius 1 is 0.919 bits per heavy atom. The zero-order chi connectivity index (χ0) is 25.8. The quantitative estimate of drug-likeness (QED) is 0.657. The van der Waals surface area contributed by atoms with Crippen LogP contribution in [-0.4, -0.2) is 76.6 Å². The number of carbonyl (C=O) groups is 3.